The van der Waals surface area contributed by atoms with Gasteiger partial charge in [0, 0.05) is 38.5 Å². The van der Waals surface area contributed by atoms with E-state index in [1.807, 2.05) is 20.8 Å². The first-order chi connectivity index (χ1) is 17.4. The van der Waals surface area contributed by atoms with Crippen LogP contribution in [-0.2, 0) is 22.8 Å². The smallest absolute Gasteiger partial charge is 0.493 e. The van der Waals surface area contributed by atoms with Gasteiger partial charge in [0.05, 0.1) is 20.3 Å². The first kappa shape index (κ1) is 31.4. The van der Waals surface area contributed by atoms with E-state index in [2.05, 4.69) is 5.32 Å². The van der Waals surface area contributed by atoms with E-state index < -0.39 is 20.9 Å². The molecule has 36 heavy (non-hydrogen) atoms. The highest BCUT2D eigenvalue weighted by Gasteiger charge is 2.39. The van der Waals surface area contributed by atoms with Crippen molar-refractivity contribution in [2.75, 3.05) is 46.7 Å². The second-order valence-corrected chi connectivity index (χ2v) is 10.4. The van der Waals surface area contributed by atoms with Gasteiger partial charge in [-0.15, -0.1) is 0 Å². The second-order valence-electron chi connectivity index (χ2n) is 7.64. The maximum absolute atomic E-state index is 11.9. The van der Waals surface area contributed by atoms with Crippen LogP contribution in [0.25, 0.3) is 6.08 Å². The number of carbonyl (C=O) groups is 2. The van der Waals surface area contributed by atoms with Gasteiger partial charge in [0.1, 0.15) is 0 Å². The lowest BCUT2D eigenvalue weighted by atomic mass is 10.2. The lowest BCUT2D eigenvalue weighted by Crippen LogP contribution is -2.46. The highest BCUT2D eigenvalue weighted by atomic mass is 28.4. The van der Waals surface area contributed by atoms with Crippen LogP contribution in [0.2, 0.25) is 6.04 Å². The molecule has 0 unspecified atom stereocenters. The predicted molar refractivity (Wildman–Crippen MR) is 138 cm³/mol. The number of amides is 1. The minimum Gasteiger partial charge on any atom is -0.493 e. The number of carbonyl (C=O) groups excluding carboxylic acids is 1. The Kier molecular flexibility index (Phi) is 16.3. The molecule has 0 atom stereocenters. The van der Waals surface area contributed by atoms with Crippen LogP contribution in [-0.4, -0.2) is 72.7 Å². The van der Waals surface area contributed by atoms with Crippen LogP contribution < -0.4 is 14.8 Å². The summed E-state index contributed by atoms with van der Waals surface area (Å²) in [6.45, 7) is 8.60. The lowest BCUT2D eigenvalue weighted by molar-refractivity contribution is -0.131. The van der Waals surface area contributed by atoms with Crippen molar-refractivity contribution < 1.29 is 42.2 Å². The zero-order chi connectivity index (χ0) is 26.7. The molecule has 0 aliphatic rings. The lowest BCUT2D eigenvalue weighted by Gasteiger charge is -2.28. The maximum Gasteiger partial charge on any atom is 0.500 e. The van der Waals surface area contributed by atoms with Gasteiger partial charge in [-0.05, 0) is 70.2 Å². The molecular weight excluding hydrogens is 486 g/mol. The van der Waals surface area contributed by atoms with Gasteiger partial charge in [-0.25, -0.2) is 9.59 Å². The minimum atomic E-state index is -2.69. The third-order valence-corrected chi connectivity index (χ3v) is 8.06. The SMILES string of the molecule is CCO[Si](CCCNC(=O)OCCCCCOc1ccc(C=CC(=O)O)cc1OC)(OCC)OCC. The average Bonchev–Trinajstić information content (AvgIpc) is 2.85. The summed E-state index contributed by atoms with van der Waals surface area (Å²) < 4.78 is 33.7. The monoisotopic (exact) mass is 527 g/mol. The zero-order valence-corrected chi connectivity index (χ0v) is 22.9. The molecule has 0 bridgehead atoms. The predicted octanol–water partition coefficient (Wildman–Crippen LogP) is 4.51. The Morgan fingerprint density at radius 3 is 2.22 bits per heavy atom. The van der Waals surface area contributed by atoms with Gasteiger partial charge in [0.15, 0.2) is 11.5 Å². The quantitative estimate of drug-likeness (QED) is 0.143. The Morgan fingerprint density at radius 1 is 0.944 bits per heavy atom. The van der Waals surface area contributed by atoms with Crippen molar-refractivity contribution in [1.82, 2.24) is 5.32 Å². The van der Waals surface area contributed by atoms with Gasteiger partial charge in [0.25, 0.3) is 0 Å². The molecule has 0 aliphatic carbocycles. The third-order valence-electron chi connectivity index (χ3n) is 4.91. The van der Waals surface area contributed by atoms with Gasteiger partial charge >= 0.3 is 20.9 Å². The molecule has 2 N–H and O–H groups in total. The normalized spacial score (nSPS) is 11.4. The number of hydrogen-bond donors (Lipinski definition) is 2. The molecular formula is C25H41NO9Si. The summed E-state index contributed by atoms with van der Waals surface area (Å²) in [4.78, 5) is 22.6. The molecule has 1 rings (SSSR count). The number of hydrogen-bond acceptors (Lipinski definition) is 8. The highest BCUT2D eigenvalue weighted by Crippen LogP contribution is 2.28. The second kappa shape index (κ2) is 18.6. The number of methoxy groups -OCH3 is 1. The number of carboxylic acid groups (broad SMARTS) is 1. The van der Waals surface area contributed by atoms with Crippen molar-refractivity contribution >= 4 is 26.9 Å². The molecule has 0 aromatic heterocycles. The standard InChI is InChI=1S/C25H41NO9Si/c1-5-33-36(34-6-2,35-7-3)19-11-16-26-25(29)32-18-10-8-9-17-31-22-14-12-21(13-15-24(27)28)20-23(22)30-4/h12-15,20H,5-11,16-19H2,1-4H3,(H,26,29)(H,27,28). The van der Waals surface area contributed by atoms with Crippen LogP contribution in [0.5, 0.6) is 11.5 Å². The van der Waals surface area contributed by atoms with Crippen LogP contribution in [0.3, 0.4) is 0 Å². The molecule has 11 heteroatoms. The first-order valence-electron chi connectivity index (χ1n) is 12.4. The van der Waals surface area contributed by atoms with E-state index in [9.17, 15) is 9.59 Å². The number of alkyl carbamates (subject to hydrolysis) is 1. The molecule has 0 heterocycles. The van der Waals surface area contributed by atoms with Gasteiger partial charge in [-0.2, -0.15) is 0 Å². The maximum atomic E-state index is 11.9. The topological polar surface area (TPSA) is 122 Å². The molecule has 0 saturated carbocycles. The number of aliphatic carboxylic acids is 1. The van der Waals surface area contributed by atoms with Crippen LogP contribution in [0.4, 0.5) is 4.79 Å². The molecule has 204 valence electrons. The third kappa shape index (κ3) is 12.9. The molecule has 0 aliphatic heterocycles. The Morgan fingerprint density at radius 2 is 1.61 bits per heavy atom. The highest BCUT2D eigenvalue weighted by molar-refractivity contribution is 6.60. The van der Waals surface area contributed by atoms with Crippen LogP contribution in [0.15, 0.2) is 24.3 Å². The number of ether oxygens (including phenoxy) is 3. The number of carboxylic acids is 1. The van der Waals surface area contributed by atoms with Crippen LogP contribution in [0, 0.1) is 0 Å². The summed E-state index contributed by atoms with van der Waals surface area (Å²) in [5, 5.41) is 11.5. The summed E-state index contributed by atoms with van der Waals surface area (Å²) in [5.41, 5.74) is 0.705. The summed E-state index contributed by atoms with van der Waals surface area (Å²) in [5.74, 6) is 0.109. The fourth-order valence-electron chi connectivity index (χ4n) is 3.35. The van der Waals surface area contributed by atoms with Crippen LogP contribution >= 0.6 is 0 Å². The number of benzene rings is 1. The fourth-order valence-corrected chi connectivity index (χ4v) is 5.96. The summed E-state index contributed by atoms with van der Waals surface area (Å²) >= 11 is 0. The fraction of sp³-hybridized carbons (Fsp3) is 0.600. The van der Waals surface area contributed by atoms with E-state index >= 15 is 0 Å². The van der Waals surface area contributed by atoms with E-state index in [0.29, 0.717) is 69.1 Å². The zero-order valence-electron chi connectivity index (χ0n) is 21.9. The largest absolute Gasteiger partial charge is 0.500 e. The van der Waals surface area contributed by atoms with Crippen molar-refractivity contribution in [1.29, 1.82) is 0 Å². The van der Waals surface area contributed by atoms with Crippen molar-refractivity contribution in [3.8, 4) is 11.5 Å². The van der Waals surface area contributed by atoms with Gasteiger partial charge in [0.2, 0.25) is 0 Å². The van der Waals surface area contributed by atoms with E-state index in [1.54, 1.807) is 18.2 Å². The minimum absolute atomic E-state index is 0.329. The Balaban J connectivity index is 2.22. The van der Waals surface area contributed by atoms with E-state index in [1.165, 1.54) is 13.2 Å². The molecule has 0 saturated heterocycles. The van der Waals surface area contributed by atoms with Crippen LogP contribution in [0.1, 0.15) is 52.0 Å². The summed E-state index contributed by atoms with van der Waals surface area (Å²) in [6, 6.07) is 5.86. The summed E-state index contributed by atoms with van der Waals surface area (Å²) in [6.07, 6.45) is 5.14. The molecule has 0 radical (unpaired) electrons. The first-order valence-corrected chi connectivity index (χ1v) is 14.4. The molecule has 10 nitrogen and oxygen atoms in total. The van der Waals surface area contributed by atoms with Gasteiger partial charge in [-0.1, -0.05) is 6.07 Å². The Hall–Kier alpha value is -2.60. The van der Waals surface area contributed by atoms with Crippen molar-refractivity contribution in [3.63, 3.8) is 0 Å². The van der Waals surface area contributed by atoms with Crippen molar-refractivity contribution in [3.05, 3.63) is 29.8 Å². The Bertz CT molecular complexity index is 787. The molecule has 1 aromatic carbocycles. The Labute approximate surface area is 215 Å². The van der Waals surface area contributed by atoms with E-state index in [-0.39, 0.29) is 0 Å². The number of unbranched alkanes of at least 4 members (excludes halogenated alkanes) is 2. The van der Waals surface area contributed by atoms with E-state index in [4.69, 9.17) is 32.6 Å². The van der Waals surface area contributed by atoms with E-state index in [0.717, 1.165) is 25.3 Å². The average molecular weight is 528 g/mol. The molecule has 0 spiro atoms. The van der Waals surface area contributed by atoms with Crippen molar-refractivity contribution in [2.24, 2.45) is 0 Å². The van der Waals surface area contributed by atoms with Crippen molar-refractivity contribution in [2.45, 2.75) is 52.5 Å². The number of nitrogens with one attached hydrogen (secondary N) is 1. The summed E-state index contributed by atoms with van der Waals surface area (Å²) in [7, 11) is -1.16. The molecule has 1 aromatic rings. The van der Waals surface area contributed by atoms with Gasteiger partial charge in [-0.3, -0.25) is 0 Å². The van der Waals surface area contributed by atoms with Gasteiger partial charge < -0.3 is 37.9 Å². The molecule has 1 amide bonds. The number of rotatable bonds is 20. The molecule has 0 fully saturated rings.